The van der Waals surface area contributed by atoms with E-state index < -0.39 is 0 Å². The summed E-state index contributed by atoms with van der Waals surface area (Å²) in [6, 6.07) is 1.85. The molecule has 1 heterocycles. The van der Waals surface area contributed by atoms with Gasteiger partial charge >= 0.3 is 5.97 Å². The third kappa shape index (κ3) is 2.11. The molecule has 0 aliphatic heterocycles. The second-order valence-electron chi connectivity index (χ2n) is 3.17. The van der Waals surface area contributed by atoms with Crippen molar-refractivity contribution in [1.82, 2.24) is 0 Å². The summed E-state index contributed by atoms with van der Waals surface area (Å²) in [7, 11) is 0. The maximum absolute atomic E-state index is 11.3. The van der Waals surface area contributed by atoms with E-state index in [2.05, 4.69) is 15.9 Å². The van der Waals surface area contributed by atoms with E-state index in [1.54, 1.807) is 11.3 Å². The van der Waals surface area contributed by atoms with Crippen LogP contribution >= 0.6 is 27.3 Å². The number of thiophene rings is 1. The summed E-state index contributed by atoms with van der Waals surface area (Å²) in [6.07, 6.45) is 1.98. The lowest BCUT2D eigenvalue weighted by Crippen LogP contribution is -2.09. The highest BCUT2D eigenvalue weighted by atomic mass is 79.9. The molecule has 1 aromatic heterocycles. The zero-order chi connectivity index (χ0) is 9.42. The van der Waals surface area contributed by atoms with Gasteiger partial charge in [0, 0.05) is 10.9 Å². The number of esters is 1. The number of halogens is 1. The van der Waals surface area contributed by atoms with Gasteiger partial charge in [0.05, 0.1) is 9.70 Å². The van der Waals surface area contributed by atoms with Crippen molar-refractivity contribution in [2.75, 3.05) is 0 Å². The molecule has 70 valence electrons. The molecule has 0 saturated heterocycles. The Hall–Kier alpha value is -0.350. The maximum atomic E-state index is 11.3. The van der Waals surface area contributed by atoms with Gasteiger partial charge in [0.15, 0.2) is 0 Å². The lowest BCUT2D eigenvalue weighted by molar-refractivity contribution is -0.135. The molecule has 1 aromatic rings. The molecule has 2 nitrogen and oxygen atoms in total. The van der Waals surface area contributed by atoms with Crippen LogP contribution in [0.3, 0.4) is 0 Å². The van der Waals surface area contributed by atoms with E-state index in [1.807, 2.05) is 13.0 Å². The highest BCUT2D eigenvalue weighted by Gasteiger charge is 2.32. The van der Waals surface area contributed by atoms with Crippen LogP contribution in [-0.4, -0.2) is 5.97 Å². The van der Waals surface area contributed by atoms with Crippen molar-refractivity contribution in [3.8, 4) is 5.75 Å². The quantitative estimate of drug-likeness (QED) is 0.764. The van der Waals surface area contributed by atoms with Gasteiger partial charge in [-0.15, -0.1) is 11.3 Å². The van der Waals surface area contributed by atoms with Gasteiger partial charge in [-0.2, -0.15) is 0 Å². The molecule has 1 aliphatic carbocycles. The third-order valence-electron chi connectivity index (χ3n) is 1.96. The Balaban J connectivity index is 2.07. The largest absolute Gasteiger partial charge is 0.425 e. The molecule has 0 bridgehead atoms. The minimum atomic E-state index is -0.0756. The molecule has 2 rings (SSSR count). The Bertz CT molecular complexity index is 341. The van der Waals surface area contributed by atoms with Gasteiger partial charge < -0.3 is 4.74 Å². The standard InChI is InChI=1S/C9H9BrO2S/c1-5-7(4-8(10)13-5)12-9(11)6-2-3-6/h4,6H,2-3H2,1H3. The maximum Gasteiger partial charge on any atom is 0.314 e. The molecule has 1 aliphatic rings. The van der Waals surface area contributed by atoms with Crippen LogP contribution in [0.25, 0.3) is 0 Å². The number of hydrogen-bond donors (Lipinski definition) is 0. The second kappa shape index (κ2) is 3.42. The number of rotatable bonds is 2. The highest BCUT2D eigenvalue weighted by Crippen LogP contribution is 2.35. The zero-order valence-corrected chi connectivity index (χ0v) is 9.57. The van der Waals surface area contributed by atoms with Crippen LogP contribution in [0.4, 0.5) is 0 Å². The number of aryl methyl sites for hydroxylation is 1. The van der Waals surface area contributed by atoms with Crippen molar-refractivity contribution >= 4 is 33.2 Å². The SMILES string of the molecule is Cc1sc(Br)cc1OC(=O)C1CC1. The number of hydrogen-bond acceptors (Lipinski definition) is 3. The van der Waals surface area contributed by atoms with E-state index in [4.69, 9.17) is 4.74 Å². The van der Waals surface area contributed by atoms with Crippen molar-refractivity contribution in [1.29, 1.82) is 0 Å². The number of carbonyl (C=O) groups is 1. The number of carbonyl (C=O) groups excluding carboxylic acids is 1. The van der Waals surface area contributed by atoms with Crippen molar-refractivity contribution in [2.45, 2.75) is 19.8 Å². The monoisotopic (exact) mass is 260 g/mol. The van der Waals surface area contributed by atoms with Crippen LogP contribution in [0, 0.1) is 12.8 Å². The molecule has 0 aromatic carbocycles. The molecule has 0 atom stereocenters. The fourth-order valence-electron chi connectivity index (χ4n) is 1.04. The van der Waals surface area contributed by atoms with E-state index in [1.165, 1.54) is 0 Å². The summed E-state index contributed by atoms with van der Waals surface area (Å²) in [5.74, 6) is 0.792. The van der Waals surface area contributed by atoms with Gasteiger partial charge in [-0.3, -0.25) is 4.79 Å². The van der Waals surface area contributed by atoms with Gasteiger partial charge in [0.1, 0.15) is 5.75 Å². The minimum Gasteiger partial charge on any atom is -0.425 e. The molecule has 0 N–H and O–H groups in total. The summed E-state index contributed by atoms with van der Waals surface area (Å²) in [5, 5.41) is 0. The van der Waals surface area contributed by atoms with Gasteiger partial charge in [0.2, 0.25) is 0 Å². The fraction of sp³-hybridized carbons (Fsp3) is 0.444. The van der Waals surface area contributed by atoms with Crippen molar-refractivity contribution < 1.29 is 9.53 Å². The normalized spacial score (nSPS) is 15.8. The fourth-order valence-corrected chi connectivity index (χ4v) is 2.64. The molecule has 0 spiro atoms. The predicted molar refractivity (Wildman–Crippen MR) is 55.1 cm³/mol. The minimum absolute atomic E-state index is 0.0756. The molecule has 1 fully saturated rings. The average molecular weight is 261 g/mol. The summed E-state index contributed by atoms with van der Waals surface area (Å²) in [5.41, 5.74) is 0. The van der Waals surface area contributed by atoms with Crippen LogP contribution in [0.2, 0.25) is 0 Å². The van der Waals surface area contributed by atoms with Gasteiger partial charge in [-0.05, 0) is 35.7 Å². The average Bonchev–Trinajstić information content (AvgIpc) is 2.81. The summed E-state index contributed by atoms with van der Waals surface area (Å²) >= 11 is 4.94. The molecule has 0 amide bonds. The van der Waals surface area contributed by atoms with Gasteiger partial charge in [-0.1, -0.05) is 0 Å². The van der Waals surface area contributed by atoms with E-state index in [0.29, 0.717) is 5.75 Å². The lowest BCUT2D eigenvalue weighted by atomic mass is 10.4. The van der Waals surface area contributed by atoms with E-state index >= 15 is 0 Å². The molecule has 13 heavy (non-hydrogen) atoms. The Morgan fingerprint density at radius 3 is 2.85 bits per heavy atom. The molecular formula is C9H9BrO2S. The van der Waals surface area contributed by atoms with E-state index in [0.717, 1.165) is 21.5 Å². The summed E-state index contributed by atoms with van der Waals surface area (Å²) in [6.45, 7) is 1.95. The topological polar surface area (TPSA) is 26.3 Å². The Morgan fingerprint density at radius 2 is 2.38 bits per heavy atom. The lowest BCUT2D eigenvalue weighted by Gasteiger charge is -2.00. The first-order valence-corrected chi connectivity index (χ1v) is 5.75. The zero-order valence-electron chi connectivity index (χ0n) is 7.17. The molecule has 0 unspecified atom stereocenters. The summed E-state index contributed by atoms with van der Waals surface area (Å²) in [4.78, 5) is 12.3. The van der Waals surface area contributed by atoms with Crippen LogP contribution in [0.5, 0.6) is 5.75 Å². The van der Waals surface area contributed by atoms with Crippen LogP contribution in [0.1, 0.15) is 17.7 Å². The molecule has 1 saturated carbocycles. The summed E-state index contributed by atoms with van der Waals surface area (Å²) < 4.78 is 6.23. The van der Waals surface area contributed by atoms with Crippen molar-refractivity contribution in [2.24, 2.45) is 5.92 Å². The second-order valence-corrected chi connectivity index (χ2v) is 5.80. The predicted octanol–water partition coefficient (Wildman–Crippen LogP) is 3.13. The van der Waals surface area contributed by atoms with Gasteiger partial charge in [-0.25, -0.2) is 0 Å². The first kappa shape index (κ1) is 9.21. The van der Waals surface area contributed by atoms with Crippen LogP contribution in [0.15, 0.2) is 9.85 Å². The first-order valence-electron chi connectivity index (χ1n) is 4.14. The number of ether oxygens (including phenoxy) is 1. The molecular weight excluding hydrogens is 252 g/mol. The van der Waals surface area contributed by atoms with Gasteiger partial charge in [0.25, 0.3) is 0 Å². The Kier molecular flexibility index (Phi) is 2.43. The van der Waals surface area contributed by atoms with Crippen molar-refractivity contribution in [3.05, 3.63) is 14.7 Å². The van der Waals surface area contributed by atoms with Crippen LogP contribution < -0.4 is 4.74 Å². The molecule has 4 heteroatoms. The van der Waals surface area contributed by atoms with E-state index in [9.17, 15) is 4.79 Å². The van der Waals surface area contributed by atoms with Crippen LogP contribution in [-0.2, 0) is 4.79 Å². The molecule has 0 radical (unpaired) electrons. The highest BCUT2D eigenvalue weighted by molar-refractivity contribution is 9.11. The first-order chi connectivity index (χ1) is 6.16. The Morgan fingerprint density at radius 1 is 1.69 bits per heavy atom. The smallest absolute Gasteiger partial charge is 0.314 e. The van der Waals surface area contributed by atoms with E-state index in [-0.39, 0.29) is 11.9 Å². The third-order valence-corrected chi connectivity index (χ3v) is 3.50. The van der Waals surface area contributed by atoms with Crippen molar-refractivity contribution in [3.63, 3.8) is 0 Å². The Labute approximate surface area is 89.0 Å².